The molecule has 2 aromatic carbocycles. The number of fused-ring (bicyclic) bond motifs is 1. The first-order chi connectivity index (χ1) is 9.47. The lowest BCUT2D eigenvalue weighted by atomic mass is 9.73. The minimum atomic E-state index is -0.390. The predicted octanol–water partition coefficient (Wildman–Crippen LogP) is 4.36. The summed E-state index contributed by atoms with van der Waals surface area (Å²) in [5, 5.41) is 10.6. The lowest BCUT2D eigenvalue weighted by Crippen LogP contribution is -2.23. The molecule has 0 spiro atoms. The molecule has 2 aromatic rings. The molecule has 1 heteroatoms. The minimum absolute atomic E-state index is 0.159. The SMILES string of the molecule is CC(C)(C)c1ccc(C(O)C2Cc3ccccc32)cc1. The van der Waals surface area contributed by atoms with Gasteiger partial charge >= 0.3 is 0 Å². The van der Waals surface area contributed by atoms with E-state index in [1.54, 1.807) is 0 Å². The molecular weight excluding hydrogens is 244 g/mol. The molecule has 1 aliphatic rings. The fraction of sp³-hybridized carbons (Fsp3) is 0.368. The molecule has 0 amide bonds. The van der Waals surface area contributed by atoms with Gasteiger partial charge in [-0.05, 0) is 34.1 Å². The largest absolute Gasteiger partial charge is 0.388 e. The number of hydrogen-bond donors (Lipinski definition) is 1. The summed E-state index contributed by atoms with van der Waals surface area (Å²) in [7, 11) is 0. The van der Waals surface area contributed by atoms with E-state index in [9.17, 15) is 5.11 Å². The van der Waals surface area contributed by atoms with Crippen LogP contribution < -0.4 is 0 Å². The van der Waals surface area contributed by atoms with Crippen molar-refractivity contribution in [2.75, 3.05) is 0 Å². The van der Waals surface area contributed by atoms with Crippen LogP contribution in [0.3, 0.4) is 0 Å². The van der Waals surface area contributed by atoms with Gasteiger partial charge in [0, 0.05) is 5.92 Å². The van der Waals surface area contributed by atoms with Crippen LogP contribution in [0.25, 0.3) is 0 Å². The van der Waals surface area contributed by atoms with Crippen LogP contribution >= 0.6 is 0 Å². The Morgan fingerprint density at radius 3 is 2.25 bits per heavy atom. The summed E-state index contributed by atoms with van der Waals surface area (Å²) in [6.07, 6.45) is 0.595. The van der Waals surface area contributed by atoms with Gasteiger partial charge < -0.3 is 5.11 Å². The van der Waals surface area contributed by atoms with Crippen molar-refractivity contribution < 1.29 is 5.11 Å². The zero-order chi connectivity index (χ0) is 14.3. The standard InChI is InChI=1S/C19H22O/c1-19(2,3)15-10-8-13(9-11-15)18(20)17-12-14-6-4-5-7-16(14)17/h4-11,17-18,20H,12H2,1-3H3. The molecule has 2 unspecified atom stereocenters. The summed E-state index contributed by atoms with van der Waals surface area (Å²) in [6.45, 7) is 6.63. The summed E-state index contributed by atoms with van der Waals surface area (Å²) in [6, 6.07) is 16.8. The lowest BCUT2D eigenvalue weighted by Gasteiger charge is -2.34. The van der Waals surface area contributed by atoms with Gasteiger partial charge in [-0.1, -0.05) is 69.3 Å². The third kappa shape index (κ3) is 2.27. The van der Waals surface area contributed by atoms with E-state index in [2.05, 4.69) is 69.3 Å². The first kappa shape index (κ1) is 13.4. The van der Waals surface area contributed by atoms with E-state index in [1.807, 2.05) is 0 Å². The number of aliphatic hydroxyl groups excluding tert-OH is 1. The van der Waals surface area contributed by atoms with E-state index >= 15 is 0 Å². The Morgan fingerprint density at radius 1 is 1.00 bits per heavy atom. The molecule has 0 aromatic heterocycles. The highest BCUT2D eigenvalue weighted by atomic mass is 16.3. The Balaban J connectivity index is 1.81. The molecule has 0 heterocycles. The first-order valence-electron chi connectivity index (χ1n) is 7.33. The van der Waals surface area contributed by atoms with E-state index in [1.165, 1.54) is 16.7 Å². The van der Waals surface area contributed by atoms with Gasteiger partial charge in [0.05, 0.1) is 6.10 Å². The number of aliphatic hydroxyl groups is 1. The van der Waals surface area contributed by atoms with Crippen LogP contribution in [0.15, 0.2) is 48.5 Å². The van der Waals surface area contributed by atoms with Crippen molar-refractivity contribution in [2.45, 2.75) is 44.6 Å². The second-order valence-corrected chi connectivity index (χ2v) is 6.83. The molecule has 2 atom stereocenters. The van der Waals surface area contributed by atoms with E-state index in [-0.39, 0.29) is 17.4 Å². The number of benzene rings is 2. The molecule has 20 heavy (non-hydrogen) atoms. The maximum atomic E-state index is 10.6. The van der Waals surface area contributed by atoms with Gasteiger partial charge in [0.1, 0.15) is 0 Å². The predicted molar refractivity (Wildman–Crippen MR) is 83.0 cm³/mol. The van der Waals surface area contributed by atoms with Gasteiger partial charge in [0.15, 0.2) is 0 Å². The van der Waals surface area contributed by atoms with Crippen LogP contribution in [0.5, 0.6) is 0 Å². The van der Waals surface area contributed by atoms with Gasteiger partial charge in [-0.15, -0.1) is 0 Å². The van der Waals surface area contributed by atoms with E-state index in [0.717, 1.165) is 12.0 Å². The van der Waals surface area contributed by atoms with Crippen molar-refractivity contribution in [2.24, 2.45) is 0 Å². The number of hydrogen-bond acceptors (Lipinski definition) is 1. The van der Waals surface area contributed by atoms with Crippen LogP contribution in [0.2, 0.25) is 0 Å². The van der Waals surface area contributed by atoms with Crippen molar-refractivity contribution >= 4 is 0 Å². The summed E-state index contributed by atoms with van der Waals surface area (Å²) in [5.74, 6) is 0.256. The topological polar surface area (TPSA) is 20.2 Å². The highest BCUT2D eigenvalue weighted by Gasteiger charge is 2.32. The quantitative estimate of drug-likeness (QED) is 0.856. The van der Waals surface area contributed by atoms with Gasteiger partial charge in [0.25, 0.3) is 0 Å². The summed E-state index contributed by atoms with van der Waals surface area (Å²) >= 11 is 0. The minimum Gasteiger partial charge on any atom is -0.388 e. The van der Waals surface area contributed by atoms with E-state index in [4.69, 9.17) is 0 Å². The van der Waals surface area contributed by atoms with Gasteiger partial charge in [0.2, 0.25) is 0 Å². The fourth-order valence-electron chi connectivity index (χ4n) is 2.99. The Labute approximate surface area is 121 Å². The molecule has 1 N–H and O–H groups in total. The van der Waals surface area contributed by atoms with Crippen molar-refractivity contribution in [3.05, 3.63) is 70.8 Å². The molecule has 0 radical (unpaired) electrons. The molecule has 0 aliphatic heterocycles. The van der Waals surface area contributed by atoms with Crippen molar-refractivity contribution in [1.29, 1.82) is 0 Å². The number of rotatable bonds is 2. The Morgan fingerprint density at radius 2 is 1.65 bits per heavy atom. The van der Waals surface area contributed by atoms with Crippen LogP contribution in [0.1, 0.15) is 55.0 Å². The van der Waals surface area contributed by atoms with Crippen LogP contribution in [0, 0.1) is 0 Å². The monoisotopic (exact) mass is 266 g/mol. The fourth-order valence-corrected chi connectivity index (χ4v) is 2.99. The molecule has 104 valence electrons. The zero-order valence-corrected chi connectivity index (χ0v) is 12.4. The average Bonchev–Trinajstić information content (AvgIpc) is 2.39. The van der Waals surface area contributed by atoms with Crippen molar-refractivity contribution in [1.82, 2.24) is 0 Å². The average molecular weight is 266 g/mol. The molecular formula is C19H22O. The summed E-state index contributed by atoms with van der Waals surface area (Å²) < 4.78 is 0. The van der Waals surface area contributed by atoms with Crippen LogP contribution in [-0.2, 0) is 11.8 Å². The van der Waals surface area contributed by atoms with Crippen LogP contribution in [0.4, 0.5) is 0 Å². The van der Waals surface area contributed by atoms with E-state index < -0.39 is 0 Å². The van der Waals surface area contributed by atoms with E-state index in [0.29, 0.717) is 0 Å². The molecule has 0 bridgehead atoms. The second kappa shape index (κ2) is 4.75. The first-order valence-corrected chi connectivity index (χ1v) is 7.33. The Kier molecular flexibility index (Phi) is 3.18. The molecule has 1 nitrogen and oxygen atoms in total. The molecule has 0 fully saturated rings. The third-order valence-corrected chi connectivity index (χ3v) is 4.39. The van der Waals surface area contributed by atoms with Gasteiger partial charge in [-0.3, -0.25) is 0 Å². The lowest BCUT2D eigenvalue weighted by molar-refractivity contribution is 0.134. The highest BCUT2D eigenvalue weighted by Crippen LogP contribution is 2.43. The maximum absolute atomic E-state index is 10.6. The van der Waals surface area contributed by atoms with Crippen molar-refractivity contribution in [3.63, 3.8) is 0 Å². The summed E-state index contributed by atoms with van der Waals surface area (Å²) in [4.78, 5) is 0. The van der Waals surface area contributed by atoms with Crippen LogP contribution in [-0.4, -0.2) is 5.11 Å². The maximum Gasteiger partial charge on any atom is 0.0861 e. The summed E-state index contributed by atoms with van der Waals surface area (Å²) in [5.41, 5.74) is 5.18. The highest BCUT2D eigenvalue weighted by molar-refractivity contribution is 5.43. The van der Waals surface area contributed by atoms with Crippen molar-refractivity contribution in [3.8, 4) is 0 Å². The normalized spacial score (nSPS) is 19.1. The zero-order valence-electron chi connectivity index (χ0n) is 12.4. The Hall–Kier alpha value is -1.60. The Bertz CT molecular complexity index is 604. The molecule has 3 rings (SSSR count). The molecule has 0 saturated carbocycles. The smallest absolute Gasteiger partial charge is 0.0861 e. The van der Waals surface area contributed by atoms with Gasteiger partial charge in [-0.2, -0.15) is 0 Å². The molecule has 1 aliphatic carbocycles. The van der Waals surface area contributed by atoms with Gasteiger partial charge in [-0.25, -0.2) is 0 Å². The second-order valence-electron chi connectivity index (χ2n) is 6.83. The molecule has 0 saturated heterocycles. The third-order valence-electron chi connectivity index (χ3n) is 4.39.